The summed E-state index contributed by atoms with van der Waals surface area (Å²) in [7, 11) is 0. The van der Waals surface area contributed by atoms with Crippen LogP contribution in [0.5, 0.6) is 0 Å². The quantitative estimate of drug-likeness (QED) is 0.812. The maximum atomic E-state index is 12.7. The number of nitrogens with zero attached hydrogens (tertiary/aromatic N) is 1. The van der Waals surface area contributed by atoms with Gasteiger partial charge in [0.1, 0.15) is 12.0 Å². The van der Waals surface area contributed by atoms with Crippen molar-refractivity contribution < 1.29 is 14.0 Å². The van der Waals surface area contributed by atoms with Crippen molar-refractivity contribution in [1.82, 2.24) is 10.2 Å². The summed E-state index contributed by atoms with van der Waals surface area (Å²) in [5.74, 6) is -0.355. The molecule has 1 N–H and O–H groups in total. The molecule has 1 atom stereocenters. The van der Waals surface area contributed by atoms with Crippen LogP contribution in [-0.4, -0.2) is 29.9 Å². The fourth-order valence-electron chi connectivity index (χ4n) is 2.20. The Hall–Kier alpha value is -1.91. The number of carbonyl (C=O) groups is 2. The smallest absolute Gasteiger partial charge is 0.228 e. The van der Waals surface area contributed by atoms with Gasteiger partial charge in [0.25, 0.3) is 0 Å². The second-order valence-corrected chi connectivity index (χ2v) is 4.33. The highest BCUT2D eigenvalue weighted by Gasteiger charge is 2.27. The molecule has 5 heteroatoms. The number of likely N-dealkylation sites (tertiary alicyclic amines) is 1. The van der Waals surface area contributed by atoms with Crippen LogP contribution in [0.15, 0.2) is 24.3 Å². The van der Waals surface area contributed by atoms with Crippen molar-refractivity contribution in [1.29, 1.82) is 0 Å². The number of hydrogen-bond acceptors (Lipinski definition) is 2. The average molecular weight is 250 g/mol. The Morgan fingerprint density at radius 2 is 2.17 bits per heavy atom. The highest BCUT2D eigenvalue weighted by Crippen LogP contribution is 2.16. The molecule has 0 spiro atoms. The zero-order valence-corrected chi connectivity index (χ0v) is 9.93. The number of hydrogen-bond donors (Lipinski definition) is 1. The summed E-state index contributed by atoms with van der Waals surface area (Å²) in [5, 5.41) is 2.63. The Balaban J connectivity index is 1.98. The molecule has 0 aliphatic carbocycles. The van der Waals surface area contributed by atoms with E-state index in [9.17, 15) is 14.0 Å². The van der Waals surface area contributed by atoms with E-state index in [1.165, 1.54) is 12.1 Å². The molecule has 1 aliphatic rings. The van der Waals surface area contributed by atoms with Crippen LogP contribution in [0.4, 0.5) is 4.39 Å². The van der Waals surface area contributed by atoms with Crippen molar-refractivity contribution in [3.63, 3.8) is 0 Å². The van der Waals surface area contributed by atoms with E-state index in [0.717, 1.165) is 18.4 Å². The van der Waals surface area contributed by atoms with E-state index in [0.29, 0.717) is 13.0 Å². The van der Waals surface area contributed by atoms with Crippen molar-refractivity contribution in [3.05, 3.63) is 35.6 Å². The van der Waals surface area contributed by atoms with Gasteiger partial charge in [0.15, 0.2) is 0 Å². The van der Waals surface area contributed by atoms with E-state index in [1.807, 2.05) is 0 Å². The Labute approximate surface area is 105 Å². The molecule has 0 radical (unpaired) electrons. The predicted molar refractivity (Wildman–Crippen MR) is 64.0 cm³/mol. The van der Waals surface area contributed by atoms with Gasteiger partial charge in [-0.3, -0.25) is 9.59 Å². The van der Waals surface area contributed by atoms with E-state index in [2.05, 4.69) is 5.32 Å². The molecule has 1 aliphatic heterocycles. The van der Waals surface area contributed by atoms with Crippen molar-refractivity contribution in [2.45, 2.75) is 25.4 Å². The zero-order chi connectivity index (χ0) is 13.0. The Morgan fingerprint density at radius 1 is 1.44 bits per heavy atom. The van der Waals surface area contributed by atoms with Crippen LogP contribution in [0.25, 0.3) is 0 Å². The van der Waals surface area contributed by atoms with E-state index in [1.54, 1.807) is 17.0 Å². The summed E-state index contributed by atoms with van der Waals surface area (Å²) in [6.07, 6.45) is 2.33. The highest BCUT2D eigenvalue weighted by molar-refractivity contribution is 5.79. The van der Waals surface area contributed by atoms with Gasteiger partial charge in [0.2, 0.25) is 12.3 Å². The molecule has 0 bridgehead atoms. The van der Waals surface area contributed by atoms with Crippen molar-refractivity contribution >= 4 is 12.3 Å². The SMILES string of the molecule is O=CNC1CCCN1C(=O)Cc1ccc(F)cc1. The van der Waals surface area contributed by atoms with Gasteiger partial charge >= 0.3 is 0 Å². The summed E-state index contributed by atoms with van der Waals surface area (Å²) in [4.78, 5) is 24.2. The van der Waals surface area contributed by atoms with Gasteiger partial charge in [-0.1, -0.05) is 12.1 Å². The second kappa shape index (κ2) is 5.62. The molecule has 2 amide bonds. The average Bonchev–Trinajstić information content (AvgIpc) is 2.81. The van der Waals surface area contributed by atoms with Gasteiger partial charge in [0, 0.05) is 6.54 Å². The first-order valence-corrected chi connectivity index (χ1v) is 5.94. The number of benzene rings is 1. The summed E-state index contributed by atoms with van der Waals surface area (Å²) in [5.41, 5.74) is 0.776. The van der Waals surface area contributed by atoms with Crippen LogP contribution in [-0.2, 0) is 16.0 Å². The lowest BCUT2D eigenvalue weighted by Gasteiger charge is -2.24. The van der Waals surface area contributed by atoms with Gasteiger partial charge in [-0.2, -0.15) is 0 Å². The molecule has 1 saturated heterocycles. The lowest BCUT2D eigenvalue weighted by molar-refractivity contribution is -0.132. The molecule has 0 saturated carbocycles. The molecule has 1 aromatic carbocycles. The number of halogens is 1. The van der Waals surface area contributed by atoms with Gasteiger partial charge in [0.05, 0.1) is 6.42 Å². The highest BCUT2D eigenvalue weighted by atomic mass is 19.1. The van der Waals surface area contributed by atoms with Crippen LogP contribution in [0.1, 0.15) is 18.4 Å². The van der Waals surface area contributed by atoms with Crippen molar-refractivity contribution in [3.8, 4) is 0 Å². The zero-order valence-electron chi connectivity index (χ0n) is 9.93. The van der Waals surface area contributed by atoms with Crippen molar-refractivity contribution in [2.75, 3.05) is 6.54 Å². The monoisotopic (exact) mass is 250 g/mol. The fraction of sp³-hybridized carbons (Fsp3) is 0.385. The van der Waals surface area contributed by atoms with E-state index < -0.39 is 0 Å². The van der Waals surface area contributed by atoms with Gasteiger partial charge in [-0.05, 0) is 30.5 Å². The first-order chi connectivity index (χ1) is 8.70. The first kappa shape index (κ1) is 12.5. The van der Waals surface area contributed by atoms with Gasteiger partial charge in [-0.15, -0.1) is 0 Å². The molecule has 2 rings (SSSR count). The minimum Gasteiger partial charge on any atom is -0.338 e. The van der Waals surface area contributed by atoms with E-state index in [4.69, 9.17) is 0 Å². The van der Waals surface area contributed by atoms with E-state index in [-0.39, 0.29) is 24.3 Å². The molecule has 1 aromatic rings. The molecule has 1 heterocycles. The maximum absolute atomic E-state index is 12.7. The summed E-state index contributed by atoms with van der Waals surface area (Å²) in [6.45, 7) is 0.658. The molecular weight excluding hydrogens is 235 g/mol. The number of amides is 2. The molecular formula is C13H15FN2O2. The van der Waals surface area contributed by atoms with Crippen LogP contribution in [0, 0.1) is 5.82 Å². The van der Waals surface area contributed by atoms with Gasteiger partial charge in [-0.25, -0.2) is 4.39 Å². The minimum atomic E-state index is -0.312. The third-order valence-electron chi connectivity index (χ3n) is 3.10. The Kier molecular flexibility index (Phi) is 3.92. The molecule has 1 unspecified atom stereocenters. The second-order valence-electron chi connectivity index (χ2n) is 4.33. The first-order valence-electron chi connectivity index (χ1n) is 5.94. The lowest BCUT2D eigenvalue weighted by atomic mass is 10.1. The van der Waals surface area contributed by atoms with Crippen LogP contribution in [0.3, 0.4) is 0 Å². The van der Waals surface area contributed by atoms with Gasteiger partial charge < -0.3 is 10.2 Å². The lowest BCUT2D eigenvalue weighted by Crippen LogP contribution is -2.44. The maximum Gasteiger partial charge on any atom is 0.228 e. The van der Waals surface area contributed by atoms with Crippen molar-refractivity contribution in [2.24, 2.45) is 0 Å². The molecule has 96 valence electrons. The molecule has 1 fully saturated rings. The third kappa shape index (κ3) is 2.85. The normalized spacial score (nSPS) is 18.7. The summed E-state index contributed by atoms with van der Waals surface area (Å²) < 4.78 is 12.7. The predicted octanol–water partition coefficient (Wildman–Crippen LogP) is 1.06. The minimum absolute atomic E-state index is 0.0431. The number of rotatable bonds is 4. The van der Waals surface area contributed by atoms with Crippen LogP contribution >= 0.6 is 0 Å². The topological polar surface area (TPSA) is 49.4 Å². The van der Waals surface area contributed by atoms with Crippen LogP contribution in [0.2, 0.25) is 0 Å². The Bertz CT molecular complexity index is 433. The fourth-order valence-corrected chi connectivity index (χ4v) is 2.20. The molecule has 18 heavy (non-hydrogen) atoms. The number of nitrogens with one attached hydrogen (secondary N) is 1. The molecule has 4 nitrogen and oxygen atoms in total. The standard InChI is InChI=1S/C13H15FN2O2/c14-11-5-3-10(4-6-11)8-13(18)16-7-1-2-12(16)15-9-17/h3-6,9,12H,1-2,7-8H2,(H,15,17). The Morgan fingerprint density at radius 3 is 2.83 bits per heavy atom. The largest absolute Gasteiger partial charge is 0.338 e. The van der Waals surface area contributed by atoms with Crippen LogP contribution < -0.4 is 5.32 Å². The summed E-state index contributed by atoms with van der Waals surface area (Å²) >= 11 is 0. The molecule has 0 aromatic heterocycles. The number of carbonyl (C=O) groups excluding carboxylic acids is 2. The third-order valence-corrected chi connectivity index (χ3v) is 3.10. The summed E-state index contributed by atoms with van der Waals surface area (Å²) in [6, 6.07) is 5.89. The van der Waals surface area contributed by atoms with E-state index >= 15 is 0 Å².